The molecule has 0 saturated carbocycles. The Kier molecular flexibility index (Phi) is 31.4. The third-order valence-electron chi connectivity index (χ3n) is 6.31. The maximum absolute atomic E-state index is 11.9. The van der Waals surface area contributed by atoms with Crippen LogP contribution in [0, 0.1) is 12.6 Å². The summed E-state index contributed by atoms with van der Waals surface area (Å²) in [6.07, 6.45) is 4.40. The predicted octanol–water partition coefficient (Wildman–Crippen LogP) is 2.17. The van der Waals surface area contributed by atoms with Gasteiger partial charge in [0, 0.05) is 62.8 Å². The molecule has 0 fully saturated rings. The van der Waals surface area contributed by atoms with Gasteiger partial charge in [0.1, 0.15) is 0 Å². The van der Waals surface area contributed by atoms with Crippen molar-refractivity contribution in [3.8, 4) is 0 Å². The smallest absolute Gasteiger partial charge is 0.251 e. The molecule has 4 amide bonds. The van der Waals surface area contributed by atoms with Crippen LogP contribution in [-0.4, -0.2) is 42.8 Å². The number of benzene rings is 2. The molecule has 257 valence electrons. The molecule has 12 N–H and O–H groups in total. The van der Waals surface area contributed by atoms with Crippen molar-refractivity contribution in [2.45, 2.75) is 72.1 Å². The Morgan fingerprint density at radius 3 is 1.54 bits per heavy atom. The van der Waals surface area contributed by atoms with E-state index in [-0.39, 0.29) is 77.0 Å². The molecule has 3 atom stereocenters. The van der Waals surface area contributed by atoms with Crippen molar-refractivity contribution >= 4 is 32.9 Å². The number of nitrogens with one attached hydrogen (secondary N) is 2. The van der Waals surface area contributed by atoms with Crippen molar-refractivity contribution in [2.75, 3.05) is 13.1 Å². The topological polar surface area (TPSA) is 241 Å². The second kappa shape index (κ2) is 30.0. The average molecular weight is 740 g/mol. The Morgan fingerprint density at radius 1 is 0.761 bits per heavy atom. The molecule has 13 nitrogen and oxygen atoms in total. The Bertz CT molecular complexity index is 1060. The number of nitrogens with two attached hydrogens (primary N) is 5. The number of amides is 4. The molecule has 0 bridgehead atoms. The number of rotatable bonds is 18. The summed E-state index contributed by atoms with van der Waals surface area (Å²) in [4.78, 5) is 54.6. The number of carbonyl (C=O) groups is 4. The second-order valence-corrected chi connectivity index (χ2v) is 9.84. The molecule has 0 aliphatic heterocycles. The largest absolute Gasteiger partial charge is 0.369 e. The fraction of sp³-hybridized carbons (Fsp3) is 0.452. The zero-order chi connectivity index (χ0) is 33.3. The molecule has 0 aromatic heterocycles. The van der Waals surface area contributed by atoms with E-state index in [4.69, 9.17) is 29.0 Å². The first-order valence-corrected chi connectivity index (χ1v) is 15.0. The summed E-state index contributed by atoms with van der Waals surface area (Å²) < 4.78 is 0. The van der Waals surface area contributed by atoms with Gasteiger partial charge in [-0.25, -0.2) is 11.8 Å². The van der Waals surface area contributed by atoms with Gasteiger partial charge in [0.15, 0.2) is 0 Å². The van der Waals surface area contributed by atoms with Crippen LogP contribution in [0.1, 0.15) is 84.7 Å². The Labute approximate surface area is 301 Å². The van der Waals surface area contributed by atoms with E-state index in [0.717, 1.165) is 43.2 Å². The first-order chi connectivity index (χ1) is 21.1. The van der Waals surface area contributed by atoms with Crippen LogP contribution in [0.4, 0.5) is 0 Å². The predicted molar refractivity (Wildman–Crippen MR) is 181 cm³/mol. The Hall–Kier alpha value is -2.35. The molecule has 2 aromatic rings. The number of hydrogen-bond donors (Lipinski definition) is 7. The maximum atomic E-state index is 11.9. The Morgan fingerprint density at radius 2 is 1.17 bits per heavy atom. The molecular formula is C31H53N7O6PY-. The van der Waals surface area contributed by atoms with Crippen molar-refractivity contribution in [1.82, 2.24) is 10.6 Å². The van der Waals surface area contributed by atoms with Crippen LogP contribution in [0.5, 0.6) is 0 Å². The standard InChI is InChI=1S/C15H23N3O3.C14H22N4O3.CH4P.CH4.Y/c1-11(14(16)19)5-2-3-8-18-15(20)13-7-4-6-12(9-13)10-21-17;15-12(13(16)19)6-1-2-7-18-14(20)11-5-3-4-10(8-11)9-21-17;1-2;;/h4,6-7,9,11H,2-3,5,8,10,17H2,1H3,(H2,16,19)(H,18,20);3-5,8,12H,1-2,6-7,9,15,17H2,(H2,16,19)(H,18,20);1-2H2;1H4;/q;;-1;;/t11-;12-;;;/m00.../s1. The van der Waals surface area contributed by atoms with Gasteiger partial charge in [0.2, 0.25) is 11.8 Å². The monoisotopic (exact) mass is 739 g/mol. The molecule has 1 unspecified atom stereocenters. The van der Waals surface area contributed by atoms with Crippen LogP contribution in [0.3, 0.4) is 0 Å². The number of hydrogen-bond acceptors (Lipinski definition) is 9. The van der Waals surface area contributed by atoms with Crippen molar-refractivity contribution in [2.24, 2.45) is 34.9 Å². The Balaban J connectivity index is -0.000000732. The van der Waals surface area contributed by atoms with Crippen molar-refractivity contribution in [1.29, 1.82) is 0 Å². The minimum Gasteiger partial charge on any atom is -0.369 e. The van der Waals surface area contributed by atoms with Gasteiger partial charge in [0.25, 0.3) is 11.8 Å². The molecule has 2 aromatic carbocycles. The van der Waals surface area contributed by atoms with Gasteiger partial charge >= 0.3 is 0 Å². The molecule has 0 spiro atoms. The quantitative estimate of drug-likeness (QED) is 0.0512. The SMILES string of the molecule is C.C[C@@H](CCCCNC(=O)c1cccc(CON)c1)C(N)=O.NOCc1cccc(C(=O)NCCCC[C@H](N)C(N)=O)c1.[CH2-]P.[Y]. The summed E-state index contributed by atoms with van der Waals surface area (Å²) in [5.41, 5.74) is 18.6. The summed E-state index contributed by atoms with van der Waals surface area (Å²) in [5, 5.41) is 5.65. The molecule has 15 heteroatoms. The molecule has 1 radical (unpaired) electrons. The first-order valence-electron chi connectivity index (χ1n) is 14.2. The molecule has 2 rings (SSSR count). The van der Waals surface area contributed by atoms with E-state index < -0.39 is 11.9 Å². The van der Waals surface area contributed by atoms with Crippen molar-refractivity contribution in [3.05, 3.63) is 77.4 Å². The maximum Gasteiger partial charge on any atom is 0.251 e. The van der Waals surface area contributed by atoms with Crippen LogP contribution in [0.25, 0.3) is 0 Å². The fourth-order valence-corrected chi connectivity index (χ4v) is 3.75. The van der Waals surface area contributed by atoms with Gasteiger partial charge in [0.05, 0.1) is 19.3 Å². The first kappa shape index (κ1) is 48.1. The van der Waals surface area contributed by atoms with Gasteiger partial charge in [-0.05, 0) is 67.5 Å². The van der Waals surface area contributed by atoms with Crippen molar-refractivity contribution in [3.63, 3.8) is 0 Å². The molecule has 0 aliphatic rings. The van der Waals surface area contributed by atoms with E-state index in [0.29, 0.717) is 30.6 Å². The van der Waals surface area contributed by atoms with Crippen LogP contribution in [-0.2, 0) is 65.2 Å². The van der Waals surface area contributed by atoms with Gasteiger partial charge in [-0.3, -0.25) is 28.9 Å². The van der Waals surface area contributed by atoms with Crippen molar-refractivity contribution < 1.29 is 61.6 Å². The molecule has 46 heavy (non-hydrogen) atoms. The molecule has 0 aliphatic carbocycles. The summed E-state index contributed by atoms with van der Waals surface area (Å²) in [6, 6.07) is 13.6. The summed E-state index contributed by atoms with van der Waals surface area (Å²) in [5.74, 6) is 8.83. The van der Waals surface area contributed by atoms with Crippen LogP contribution in [0.15, 0.2) is 48.5 Å². The fourth-order valence-electron chi connectivity index (χ4n) is 3.75. The summed E-state index contributed by atoms with van der Waals surface area (Å²) >= 11 is 0. The number of unbranched alkanes of at least 4 members (excludes halogenated alkanes) is 2. The van der Waals surface area contributed by atoms with Gasteiger partial charge < -0.3 is 43.7 Å². The van der Waals surface area contributed by atoms with E-state index in [1.165, 1.54) is 0 Å². The van der Waals surface area contributed by atoms with E-state index in [9.17, 15) is 19.2 Å². The molecule has 0 saturated heterocycles. The van der Waals surface area contributed by atoms with Gasteiger partial charge in [-0.15, -0.1) is 0 Å². The minimum atomic E-state index is -0.617. The second-order valence-electron chi connectivity index (χ2n) is 9.84. The van der Waals surface area contributed by atoms with E-state index in [1.54, 1.807) is 36.4 Å². The van der Waals surface area contributed by atoms with E-state index in [1.807, 2.05) is 19.1 Å². The number of primary amides is 2. The zero-order valence-corrected chi connectivity index (χ0v) is 30.0. The third kappa shape index (κ3) is 22.2. The van der Waals surface area contributed by atoms with Crippen LogP contribution < -0.4 is 39.6 Å². The summed E-state index contributed by atoms with van der Waals surface area (Å²) in [6.45, 7) is 6.59. The third-order valence-corrected chi connectivity index (χ3v) is 6.31. The van der Waals surface area contributed by atoms with Crippen LogP contribution >= 0.6 is 9.24 Å². The summed E-state index contributed by atoms with van der Waals surface area (Å²) in [7, 11) is 2.17. The minimum absolute atomic E-state index is 0. The molecule has 0 heterocycles. The van der Waals surface area contributed by atoms with Crippen LogP contribution in [0.2, 0.25) is 0 Å². The molecular weight excluding hydrogens is 686 g/mol. The van der Waals surface area contributed by atoms with Gasteiger partial charge in [-0.1, -0.05) is 45.0 Å². The zero-order valence-electron chi connectivity index (χ0n) is 26.0. The van der Waals surface area contributed by atoms with E-state index >= 15 is 0 Å². The normalized spacial score (nSPS) is 11.0. The average Bonchev–Trinajstić information content (AvgIpc) is 3.02. The van der Waals surface area contributed by atoms with Gasteiger partial charge in [-0.2, -0.15) is 0 Å². The van der Waals surface area contributed by atoms with E-state index in [2.05, 4.69) is 36.2 Å². The number of carbonyl (C=O) groups excluding carboxylic acids is 4.